The molecule has 15 nitrogen and oxygen atoms in total. The third-order valence-corrected chi connectivity index (χ3v) is 11.7. The Morgan fingerprint density at radius 1 is 0.812 bits per heavy atom. The fourth-order valence-electron chi connectivity index (χ4n) is 8.67. The number of carbonyl (C=O) groups excluding carboxylic acids is 2. The number of nitriles is 1. The van der Waals surface area contributed by atoms with Gasteiger partial charge in [0, 0.05) is 75.8 Å². The van der Waals surface area contributed by atoms with Crippen molar-refractivity contribution >= 4 is 35.1 Å². The summed E-state index contributed by atoms with van der Waals surface area (Å²) in [6, 6.07) is 18.1. The molecule has 2 atom stereocenters. The first-order valence-electron chi connectivity index (χ1n) is 23.0. The second-order valence-corrected chi connectivity index (χ2v) is 18.9. The Morgan fingerprint density at radius 2 is 1.42 bits per heavy atom. The van der Waals surface area contributed by atoms with Crippen molar-refractivity contribution in [3.05, 3.63) is 54.1 Å². The zero-order valence-electron chi connectivity index (χ0n) is 39.4. The van der Waals surface area contributed by atoms with E-state index in [0.717, 1.165) is 80.7 Å². The number of amides is 2. The molecule has 348 valence electrons. The Morgan fingerprint density at radius 3 is 1.98 bits per heavy atom. The molecule has 3 fully saturated rings. The molecule has 3 aliphatic heterocycles. The Labute approximate surface area is 379 Å². The van der Waals surface area contributed by atoms with E-state index in [1.54, 1.807) is 48.7 Å². The minimum Gasteiger partial charge on any atom is -0.467 e. The van der Waals surface area contributed by atoms with Gasteiger partial charge in [0.25, 0.3) is 0 Å². The quantitative estimate of drug-likeness (QED) is 0.0934. The van der Waals surface area contributed by atoms with Gasteiger partial charge in [0.1, 0.15) is 23.0 Å². The molecule has 2 bridgehead atoms. The highest BCUT2D eigenvalue weighted by atomic mass is 16.7. The summed E-state index contributed by atoms with van der Waals surface area (Å²) in [6.45, 7) is 18.9. The number of carbonyl (C=O) groups is 2. The molecule has 2 aromatic carbocycles. The van der Waals surface area contributed by atoms with Gasteiger partial charge in [0.05, 0.1) is 22.6 Å². The Bertz CT molecular complexity index is 2020. The SMILES string of the molecule is CCCCOC(OCCCC)C1CCN(c2cc(N3C4CCC3CN(c3cc(-c5ccccc5OCOC)nnc3N(C(=O)OC(C)(C)C)C(=O)OC(C)(C)C)C4)ccc2C#N)CC1. The highest BCUT2D eigenvalue weighted by Crippen LogP contribution is 2.43. The molecule has 2 unspecified atom stereocenters. The number of hydrogen-bond acceptors (Lipinski definition) is 14. The lowest BCUT2D eigenvalue weighted by Crippen LogP contribution is -2.54. The van der Waals surface area contributed by atoms with E-state index >= 15 is 0 Å². The minimum atomic E-state index is -0.923. The van der Waals surface area contributed by atoms with Crippen molar-refractivity contribution < 1.29 is 38.0 Å². The summed E-state index contributed by atoms with van der Waals surface area (Å²) >= 11 is 0. The van der Waals surface area contributed by atoms with Crippen molar-refractivity contribution in [1.29, 1.82) is 5.26 Å². The van der Waals surface area contributed by atoms with Crippen LogP contribution in [0, 0.1) is 17.2 Å². The fraction of sp³-hybridized carbons (Fsp3) is 0.612. The first-order valence-corrected chi connectivity index (χ1v) is 23.0. The van der Waals surface area contributed by atoms with E-state index < -0.39 is 23.4 Å². The van der Waals surface area contributed by atoms with Crippen LogP contribution in [0.5, 0.6) is 5.75 Å². The summed E-state index contributed by atoms with van der Waals surface area (Å²) in [5.41, 5.74) is 2.50. The van der Waals surface area contributed by atoms with Crippen LogP contribution in [-0.2, 0) is 23.7 Å². The maximum Gasteiger partial charge on any atom is 0.425 e. The average Bonchev–Trinajstić information content (AvgIpc) is 3.52. The van der Waals surface area contributed by atoms with Gasteiger partial charge in [-0.1, -0.05) is 38.8 Å². The van der Waals surface area contributed by atoms with Crippen LogP contribution in [0.4, 0.5) is 32.5 Å². The molecule has 0 aliphatic carbocycles. The Hall–Kier alpha value is -5.17. The first kappa shape index (κ1) is 48.3. The van der Waals surface area contributed by atoms with Crippen molar-refractivity contribution in [3.8, 4) is 23.1 Å². The van der Waals surface area contributed by atoms with Gasteiger partial charge in [-0.05, 0) is 116 Å². The number of benzene rings is 2. The summed E-state index contributed by atoms with van der Waals surface area (Å²) in [5, 5.41) is 19.5. The summed E-state index contributed by atoms with van der Waals surface area (Å²) in [4.78, 5) is 35.9. The molecule has 2 amide bonds. The van der Waals surface area contributed by atoms with E-state index in [1.165, 1.54) is 0 Å². The van der Waals surface area contributed by atoms with Gasteiger partial charge >= 0.3 is 12.2 Å². The second kappa shape index (κ2) is 21.7. The lowest BCUT2D eigenvalue weighted by atomic mass is 9.95. The topological polar surface area (TPSA) is 152 Å². The van der Waals surface area contributed by atoms with E-state index in [9.17, 15) is 14.9 Å². The lowest BCUT2D eigenvalue weighted by molar-refractivity contribution is -0.177. The van der Waals surface area contributed by atoms with Gasteiger partial charge in [-0.2, -0.15) is 10.2 Å². The van der Waals surface area contributed by atoms with Crippen LogP contribution < -0.4 is 24.3 Å². The van der Waals surface area contributed by atoms with Gasteiger partial charge in [0.15, 0.2) is 18.9 Å². The number of ether oxygens (including phenoxy) is 6. The molecular formula is C49H69N7O8. The van der Waals surface area contributed by atoms with Crippen molar-refractivity contribution in [1.82, 2.24) is 10.2 Å². The van der Waals surface area contributed by atoms with Gasteiger partial charge in [-0.15, -0.1) is 10.2 Å². The standard InChI is InChI=1S/C49H69N7O8/c1-10-12-26-60-45(61-27-13-11-2)34-22-24-53(25-23-34)41-28-36(19-18-35(41)30-50)55-37-20-21-38(55)32-54(31-37)42-29-40(39-16-14-15-17-43(39)62-33-59-9)51-52-44(42)56(46(57)63-48(3,4)5)47(58)64-49(6,7)8/h14-19,28-29,34,37-38,45H,10-13,20-27,31-33H2,1-9H3. The van der Waals surface area contributed by atoms with Crippen molar-refractivity contribution in [2.24, 2.45) is 5.92 Å². The highest BCUT2D eigenvalue weighted by molar-refractivity contribution is 6.11. The highest BCUT2D eigenvalue weighted by Gasteiger charge is 2.43. The number of piperazine rings is 1. The molecule has 0 saturated carbocycles. The van der Waals surface area contributed by atoms with Crippen LogP contribution >= 0.6 is 0 Å². The lowest BCUT2D eigenvalue weighted by Gasteiger charge is -2.44. The minimum absolute atomic E-state index is 0.00761. The van der Waals surface area contributed by atoms with Crippen LogP contribution in [0.15, 0.2) is 48.5 Å². The molecule has 0 spiro atoms. The van der Waals surface area contributed by atoms with Gasteiger partial charge in [-0.3, -0.25) is 0 Å². The zero-order chi connectivity index (χ0) is 46.0. The summed E-state index contributed by atoms with van der Waals surface area (Å²) in [7, 11) is 1.55. The molecule has 0 N–H and O–H groups in total. The van der Waals surface area contributed by atoms with E-state index in [0.29, 0.717) is 60.5 Å². The maximum atomic E-state index is 14.0. The van der Waals surface area contributed by atoms with Gasteiger partial charge in [0.2, 0.25) is 0 Å². The van der Waals surface area contributed by atoms with E-state index in [-0.39, 0.29) is 31.0 Å². The molecular weight excluding hydrogens is 815 g/mol. The number of imide groups is 1. The van der Waals surface area contributed by atoms with E-state index in [4.69, 9.17) is 28.4 Å². The predicted molar refractivity (Wildman–Crippen MR) is 248 cm³/mol. The van der Waals surface area contributed by atoms with Crippen molar-refractivity contribution in [2.45, 2.75) is 136 Å². The molecule has 15 heteroatoms. The van der Waals surface area contributed by atoms with E-state index in [2.05, 4.69) is 56.9 Å². The third-order valence-electron chi connectivity index (χ3n) is 11.7. The number of aromatic nitrogens is 2. The molecule has 3 aromatic rings. The number of piperidine rings is 1. The Kier molecular flexibility index (Phi) is 16.4. The monoisotopic (exact) mass is 884 g/mol. The molecule has 4 heterocycles. The van der Waals surface area contributed by atoms with Crippen LogP contribution in [0.1, 0.15) is 112 Å². The third kappa shape index (κ3) is 12.1. The smallest absolute Gasteiger partial charge is 0.425 e. The Balaban J connectivity index is 1.31. The number of rotatable bonds is 17. The number of para-hydroxylation sites is 1. The van der Waals surface area contributed by atoms with Crippen LogP contribution in [0.2, 0.25) is 0 Å². The molecule has 1 aromatic heterocycles. The molecule has 6 rings (SSSR count). The number of anilines is 4. The number of unbranched alkanes of at least 4 members (excludes halogenated alkanes) is 2. The predicted octanol–water partition coefficient (Wildman–Crippen LogP) is 9.71. The molecule has 3 aliphatic rings. The average molecular weight is 884 g/mol. The molecule has 64 heavy (non-hydrogen) atoms. The summed E-state index contributed by atoms with van der Waals surface area (Å²) in [6.07, 6.45) is 5.81. The van der Waals surface area contributed by atoms with E-state index in [1.807, 2.05) is 36.4 Å². The van der Waals surface area contributed by atoms with Crippen molar-refractivity contribution in [3.63, 3.8) is 0 Å². The molecule has 3 saturated heterocycles. The van der Waals surface area contributed by atoms with Crippen LogP contribution in [0.3, 0.4) is 0 Å². The largest absolute Gasteiger partial charge is 0.467 e. The number of methoxy groups -OCH3 is 1. The zero-order valence-corrected chi connectivity index (χ0v) is 39.4. The second-order valence-electron chi connectivity index (χ2n) is 18.9. The normalized spacial score (nSPS) is 18.0. The van der Waals surface area contributed by atoms with Crippen LogP contribution in [0.25, 0.3) is 11.3 Å². The maximum absolute atomic E-state index is 14.0. The number of hydrogen-bond donors (Lipinski definition) is 0. The van der Waals surface area contributed by atoms with Crippen LogP contribution in [-0.4, -0.2) is 105 Å². The summed E-state index contributed by atoms with van der Waals surface area (Å²) < 4.78 is 35.3. The molecule has 0 radical (unpaired) electrons. The number of nitrogens with zero attached hydrogens (tertiary/aromatic N) is 7. The summed E-state index contributed by atoms with van der Waals surface area (Å²) in [5.74, 6) is 0.844. The van der Waals surface area contributed by atoms with Crippen molar-refractivity contribution in [2.75, 3.05) is 72.9 Å². The number of fused-ring (bicyclic) bond motifs is 2. The van der Waals surface area contributed by atoms with Gasteiger partial charge < -0.3 is 43.1 Å². The fourth-order valence-corrected chi connectivity index (χ4v) is 8.67. The first-order chi connectivity index (χ1) is 30.6. The van der Waals surface area contributed by atoms with Gasteiger partial charge in [-0.25, -0.2) is 9.59 Å².